The van der Waals surface area contributed by atoms with E-state index in [9.17, 15) is 9.59 Å². The molecule has 4 aliphatic heterocycles. The van der Waals surface area contributed by atoms with E-state index in [4.69, 9.17) is 34.2 Å². The van der Waals surface area contributed by atoms with Gasteiger partial charge in [-0.3, -0.25) is 0 Å². The summed E-state index contributed by atoms with van der Waals surface area (Å²) in [6.45, 7) is 4.42. The Kier molecular flexibility index (Phi) is 6.51. The van der Waals surface area contributed by atoms with Gasteiger partial charge in [0.05, 0.1) is 41.9 Å². The number of nitrogens with two attached hydrogens (primary N) is 1. The molecule has 0 saturated carbocycles. The first-order chi connectivity index (χ1) is 19.0. The zero-order valence-electron chi connectivity index (χ0n) is 21.4. The minimum Gasteiger partial charge on any atom is -0.463 e. The van der Waals surface area contributed by atoms with Crippen LogP contribution in [-0.4, -0.2) is 50.2 Å². The topological polar surface area (TPSA) is 119 Å². The molecular formula is C28H26N2O8S. The highest BCUT2D eigenvalue weighted by molar-refractivity contribution is 8.07. The van der Waals surface area contributed by atoms with Crippen LogP contribution in [0, 0.1) is 0 Å². The smallest absolute Gasteiger partial charge is 0.338 e. The maximum absolute atomic E-state index is 13.5. The monoisotopic (exact) mass is 550 g/mol. The third-order valence-corrected chi connectivity index (χ3v) is 7.75. The molecule has 4 heterocycles. The van der Waals surface area contributed by atoms with E-state index in [0.29, 0.717) is 45.7 Å². The number of fused-ring (bicyclic) bond motifs is 3. The molecule has 6 rings (SSSR count). The molecule has 4 aliphatic rings. The summed E-state index contributed by atoms with van der Waals surface area (Å²) < 4.78 is 32.9. The molecule has 202 valence electrons. The highest BCUT2D eigenvalue weighted by Crippen LogP contribution is 2.52. The quantitative estimate of drug-likeness (QED) is 0.529. The fraction of sp³-hybridized carbons (Fsp3) is 0.286. The molecule has 10 nitrogen and oxygen atoms in total. The van der Waals surface area contributed by atoms with E-state index in [-0.39, 0.29) is 38.2 Å². The minimum absolute atomic E-state index is 0.0929. The summed E-state index contributed by atoms with van der Waals surface area (Å²) in [5.74, 6) is 0.722. The maximum atomic E-state index is 13.5. The highest BCUT2D eigenvalue weighted by Gasteiger charge is 2.45. The number of hydrogen-bond acceptors (Lipinski definition) is 11. The number of rotatable bonds is 6. The van der Waals surface area contributed by atoms with E-state index < -0.39 is 17.9 Å². The lowest BCUT2D eigenvalue weighted by molar-refractivity contribution is -0.139. The first-order valence-corrected chi connectivity index (χ1v) is 13.3. The number of benzene rings is 2. The number of thioether (sulfide) groups is 1. The predicted molar refractivity (Wildman–Crippen MR) is 142 cm³/mol. The van der Waals surface area contributed by atoms with Crippen molar-refractivity contribution in [2.45, 2.75) is 19.8 Å². The molecule has 2 N–H and O–H groups in total. The standard InChI is InChI=1S/C28H26N2O8S/c1-3-33-27(31)23-22(16-6-8-19-21(11-16)38-14-36-19)24(28(32)34-4-2)26-30(25(23)29)12-17(39-26)9-15-5-7-18-20(10-15)37-13-35-18/h5-11,22H,3-4,12-14,29H2,1-2H3/b17-9+. The van der Waals surface area contributed by atoms with E-state index in [1.165, 1.54) is 11.8 Å². The molecule has 11 heteroatoms. The van der Waals surface area contributed by atoms with E-state index >= 15 is 0 Å². The molecule has 1 atom stereocenters. The Labute approximate surface area is 228 Å². The zero-order valence-corrected chi connectivity index (χ0v) is 22.2. The lowest BCUT2D eigenvalue weighted by Gasteiger charge is -2.34. The van der Waals surface area contributed by atoms with Crippen molar-refractivity contribution in [3.63, 3.8) is 0 Å². The third-order valence-electron chi connectivity index (χ3n) is 6.61. The van der Waals surface area contributed by atoms with Crippen LogP contribution in [-0.2, 0) is 19.1 Å². The van der Waals surface area contributed by atoms with Gasteiger partial charge in [0.2, 0.25) is 13.6 Å². The van der Waals surface area contributed by atoms with Gasteiger partial charge in [-0.1, -0.05) is 23.9 Å². The van der Waals surface area contributed by atoms with Gasteiger partial charge in [0.25, 0.3) is 0 Å². The lowest BCUT2D eigenvalue weighted by atomic mass is 9.82. The average molecular weight is 551 g/mol. The SMILES string of the molecule is CCOC(=O)C1=C(N)N2C/C(=C\c3ccc4c(c3)OCO4)SC2=C(C(=O)OCC)C1c1ccc2c(c1)OCO2. The van der Waals surface area contributed by atoms with Gasteiger partial charge in [-0.05, 0) is 55.3 Å². The lowest BCUT2D eigenvalue weighted by Crippen LogP contribution is -2.37. The summed E-state index contributed by atoms with van der Waals surface area (Å²) in [5.41, 5.74) is 8.71. The number of ether oxygens (including phenoxy) is 6. The molecule has 0 aliphatic carbocycles. The Balaban J connectivity index is 1.48. The van der Waals surface area contributed by atoms with E-state index in [1.807, 2.05) is 24.3 Å². The minimum atomic E-state index is -0.832. The zero-order chi connectivity index (χ0) is 27.1. The Morgan fingerprint density at radius 1 is 0.923 bits per heavy atom. The molecule has 0 radical (unpaired) electrons. The number of hydrogen-bond donors (Lipinski definition) is 1. The number of carbonyl (C=O) groups excluding carboxylic acids is 2. The third kappa shape index (κ3) is 4.42. The molecule has 0 amide bonds. The van der Waals surface area contributed by atoms with Crippen LogP contribution in [0.5, 0.6) is 23.0 Å². The van der Waals surface area contributed by atoms with Crippen molar-refractivity contribution >= 4 is 29.8 Å². The first-order valence-electron chi connectivity index (χ1n) is 12.5. The van der Waals surface area contributed by atoms with Gasteiger partial charge in [0.15, 0.2) is 23.0 Å². The number of carbonyl (C=O) groups is 2. The first kappa shape index (κ1) is 25.1. The summed E-state index contributed by atoms with van der Waals surface area (Å²) in [6, 6.07) is 11.0. The van der Waals surface area contributed by atoms with Crippen LogP contribution in [0.1, 0.15) is 30.9 Å². The Hall–Kier alpha value is -4.25. The van der Waals surface area contributed by atoms with Crippen LogP contribution in [0.25, 0.3) is 6.08 Å². The van der Waals surface area contributed by atoms with Crippen molar-refractivity contribution in [2.75, 3.05) is 33.3 Å². The number of nitrogens with zero attached hydrogens (tertiary/aromatic N) is 1. The van der Waals surface area contributed by atoms with Crippen molar-refractivity contribution in [1.82, 2.24) is 4.90 Å². The molecule has 1 saturated heterocycles. The predicted octanol–water partition coefficient (Wildman–Crippen LogP) is 3.84. The molecule has 2 aromatic rings. The molecule has 0 aromatic heterocycles. The Bertz CT molecular complexity index is 1460. The molecular weight excluding hydrogens is 524 g/mol. The highest BCUT2D eigenvalue weighted by atomic mass is 32.2. The van der Waals surface area contributed by atoms with Crippen LogP contribution in [0.3, 0.4) is 0 Å². The van der Waals surface area contributed by atoms with Crippen molar-refractivity contribution in [3.8, 4) is 23.0 Å². The second-order valence-corrected chi connectivity index (χ2v) is 10.0. The molecule has 0 bridgehead atoms. The molecule has 0 spiro atoms. The second-order valence-electron chi connectivity index (χ2n) is 8.92. The largest absolute Gasteiger partial charge is 0.463 e. The van der Waals surface area contributed by atoms with E-state index in [0.717, 1.165) is 10.5 Å². The summed E-state index contributed by atoms with van der Waals surface area (Å²) in [7, 11) is 0. The molecule has 39 heavy (non-hydrogen) atoms. The van der Waals surface area contributed by atoms with Gasteiger partial charge in [0.1, 0.15) is 5.82 Å². The van der Waals surface area contributed by atoms with Crippen molar-refractivity contribution < 1.29 is 38.0 Å². The average Bonchev–Trinajstić information content (AvgIpc) is 3.67. The Morgan fingerprint density at radius 3 is 2.23 bits per heavy atom. The van der Waals surface area contributed by atoms with E-state index in [2.05, 4.69) is 0 Å². The number of esters is 2. The van der Waals surface area contributed by atoms with Crippen molar-refractivity contribution in [3.05, 3.63) is 74.4 Å². The van der Waals surface area contributed by atoms with Crippen LogP contribution in [0.2, 0.25) is 0 Å². The molecule has 1 fully saturated rings. The van der Waals surface area contributed by atoms with Gasteiger partial charge < -0.3 is 39.1 Å². The van der Waals surface area contributed by atoms with Gasteiger partial charge in [-0.2, -0.15) is 0 Å². The van der Waals surface area contributed by atoms with Crippen LogP contribution < -0.4 is 24.7 Å². The summed E-state index contributed by atoms with van der Waals surface area (Å²) >= 11 is 1.41. The fourth-order valence-electron chi connectivity index (χ4n) is 4.93. The fourth-order valence-corrected chi connectivity index (χ4v) is 6.15. The second kappa shape index (κ2) is 10.1. The summed E-state index contributed by atoms with van der Waals surface area (Å²) in [4.78, 5) is 29.6. The van der Waals surface area contributed by atoms with Crippen LogP contribution >= 0.6 is 11.8 Å². The van der Waals surface area contributed by atoms with Crippen molar-refractivity contribution in [1.29, 1.82) is 0 Å². The van der Waals surface area contributed by atoms with Crippen molar-refractivity contribution in [2.24, 2.45) is 5.73 Å². The maximum Gasteiger partial charge on any atom is 0.338 e. The summed E-state index contributed by atoms with van der Waals surface area (Å²) in [6.07, 6.45) is 1.99. The van der Waals surface area contributed by atoms with Gasteiger partial charge in [-0.15, -0.1) is 0 Å². The Morgan fingerprint density at radius 2 is 1.54 bits per heavy atom. The summed E-state index contributed by atoms with van der Waals surface area (Å²) in [5, 5.41) is 0.605. The normalized spacial score (nSPS) is 20.0. The van der Waals surface area contributed by atoms with Crippen LogP contribution in [0.4, 0.5) is 0 Å². The molecule has 2 aromatic carbocycles. The van der Waals surface area contributed by atoms with Gasteiger partial charge >= 0.3 is 11.9 Å². The van der Waals surface area contributed by atoms with Gasteiger partial charge in [-0.25, -0.2) is 9.59 Å². The van der Waals surface area contributed by atoms with Gasteiger partial charge in [0, 0.05) is 4.91 Å². The molecule has 1 unspecified atom stereocenters. The van der Waals surface area contributed by atoms with Crippen LogP contribution in [0.15, 0.2) is 63.3 Å². The van der Waals surface area contributed by atoms with E-state index in [1.54, 1.807) is 36.9 Å².